The minimum Gasteiger partial charge on any atom is -0.491 e. The van der Waals surface area contributed by atoms with Gasteiger partial charge in [0, 0.05) is 47.8 Å². The van der Waals surface area contributed by atoms with Crippen molar-refractivity contribution in [2.45, 2.75) is 96.6 Å². The Bertz CT molecular complexity index is 1150. The van der Waals surface area contributed by atoms with E-state index in [9.17, 15) is 5.11 Å². The predicted octanol–water partition coefficient (Wildman–Crippen LogP) is 7.88. The molecule has 1 N–H and O–H groups in total. The van der Waals surface area contributed by atoms with E-state index in [2.05, 4.69) is 63.2 Å². The molecule has 0 radical (unpaired) electrons. The Kier molecular flexibility index (Phi) is 14.1. The summed E-state index contributed by atoms with van der Waals surface area (Å²) in [5, 5.41) is 10.8. The van der Waals surface area contributed by atoms with Crippen LogP contribution < -0.4 is 4.74 Å². The standard InChI is InChI=1S/C35H50O6S/c1-4-7-17-37-25-28-24-32(38-18-8-5-2)35(40-19-9-6-3)34(41-28)30-22-26(14-15-31(30)39-20-16-36)21-29-23-27-12-10-11-13-33(27)42-29/h10-15,22-23,28,32,34-36H,4-9,16-21,24-25H2,1-3H3/t28-,32-,34-,35+/m0/s1. The van der Waals surface area contributed by atoms with Crippen LogP contribution in [0.4, 0.5) is 0 Å². The molecule has 0 unspecified atom stereocenters. The SMILES string of the molecule is CCCCOC[C@@H]1C[C@H](OCCCC)[C@@H](OCCCC)[C@H](c2cc(Cc3cc4ccccc4s3)ccc2OCCO)O1. The second-order valence-electron chi connectivity index (χ2n) is 11.2. The molecular weight excluding hydrogens is 548 g/mol. The van der Waals surface area contributed by atoms with Crippen LogP contribution in [0.25, 0.3) is 10.1 Å². The highest BCUT2D eigenvalue weighted by atomic mass is 32.1. The maximum atomic E-state index is 9.57. The lowest BCUT2D eigenvalue weighted by molar-refractivity contribution is -0.213. The highest BCUT2D eigenvalue weighted by Crippen LogP contribution is 2.41. The van der Waals surface area contributed by atoms with E-state index in [4.69, 9.17) is 23.7 Å². The quantitative estimate of drug-likeness (QED) is 0.142. The third kappa shape index (κ3) is 9.50. The second kappa shape index (κ2) is 18.0. The number of hydrogen-bond acceptors (Lipinski definition) is 7. The van der Waals surface area contributed by atoms with Crippen molar-refractivity contribution < 1.29 is 28.8 Å². The number of thiophene rings is 1. The fourth-order valence-corrected chi connectivity index (χ4v) is 6.49. The maximum absolute atomic E-state index is 9.57. The Morgan fingerprint density at radius 1 is 0.881 bits per heavy atom. The smallest absolute Gasteiger partial charge is 0.125 e. The number of aliphatic hydroxyl groups is 1. The highest BCUT2D eigenvalue weighted by Gasteiger charge is 2.42. The molecule has 0 aliphatic carbocycles. The molecule has 6 nitrogen and oxygen atoms in total. The molecule has 0 amide bonds. The van der Waals surface area contributed by atoms with Crippen LogP contribution in [0.3, 0.4) is 0 Å². The van der Waals surface area contributed by atoms with Crippen LogP contribution >= 0.6 is 11.3 Å². The number of hydrogen-bond donors (Lipinski definition) is 1. The van der Waals surface area contributed by atoms with Gasteiger partial charge in [-0.2, -0.15) is 0 Å². The Balaban J connectivity index is 1.66. The van der Waals surface area contributed by atoms with E-state index in [-0.39, 0.29) is 37.6 Å². The van der Waals surface area contributed by atoms with Crippen LogP contribution in [-0.2, 0) is 25.4 Å². The van der Waals surface area contributed by atoms with E-state index >= 15 is 0 Å². The van der Waals surface area contributed by atoms with Crippen LogP contribution in [0.1, 0.15) is 87.8 Å². The summed E-state index contributed by atoms with van der Waals surface area (Å²) in [6, 6.07) is 17.2. The molecule has 2 aromatic carbocycles. The van der Waals surface area contributed by atoms with Gasteiger partial charge in [-0.1, -0.05) is 64.3 Å². The average molecular weight is 599 g/mol. The van der Waals surface area contributed by atoms with E-state index in [0.29, 0.717) is 19.8 Å². The molecule has 0 spiro atoms. The topological polar surface area (TPSA) is 66.4 Å². The molecule has 1 aliphatic heterocycles. The van der Waals surface area contributed by atoms with Crippen molar-refractivity contribution in [2.24, 2.45) is 0 Å². The van der Waals surface area contributed by atoms with Gasteiger partial charge >= 0.3 is 0 Å². The molecule has 2 heterocycles. The third-order valence-corrected chi connectivity index (χ3v) is 8.78. The van der Waals surface area contributed by atoms with Crippen molar-refractivity contribution in [1.82, 2.24) is 0 Å². The number of benzene rings is 2. The van der Waals surface area contributed by atoms with E-state index in [1.54, 1.807) is 0 Å². The zero-order chi connectivity index (χ0) is 29.6. The summed E-state index contributed by atoms with van der Waals surface area (Å²) in [5.74, 6) is 0.720. The van der Waals surface area contributed by atoms with Crippen molar-refractivity contribution in [3.63, 3.8) is 0 Å². The maximum Gasteiger partial charge on any atom is 0.125 e. The lowest BCUT2D eigenvalue weighted by atomic mass is 9.91. The zero-order valence-corrected chi connectivity index (χ0v) is 26.5. The summed E-state index contributed by atoms with van der Waals surface area (Å²) in [6.07, 6.45) is 6.96. The third-order valence-electron chi connectivity index (χ3n) is 7.67. The van der Waals surface area contributed by atoms with E-state index in [1.165, 1.54) is 20.5 Å². The Morgan fingerprint density at radius 2 is 1.64 bits per heavy atom. The summed E-state index contributed by atoms with van der Waals surface area (Å²) in [6.45, 7) is 9.31. The van der Waals surface area contributed by atoms with Gasteiger partial charge in [0.05, 0.1) is 25.4 Å². The summed E-state index contributed by atoms with van der Waals surface area (Å²) in [5.41, 5.74) is 2.14. The van der Waals surface area contributed by atoms with Crippen LogP contribution in [-0.4, -0.2) is 63.1 Å². The largest absolute Gasteiger partial charge is 0.491 e. The van der Waals surface area contributed by atoms with Gasteiger partial charge in [-0.3, -0.25) is 0 Å². The molecule has 0 bridgehead atoms. The van der Waals surface area contributed by atoms with Gasteiger partial charge in [-0.05, 0) is 54.5 Å². The Morgan fingerprint density at radius 3 is 2.40 bits per heavy atom. The summed E-state index contributed by atoms with van der Waals surface area (Å²) in [4.78, 5) is 1.31. The summed E-state index contributed by atoms with van der Waals surface area (Å²) in [7, 11) is 0. The van der Waals surface area contributed by atoms with Gasteiger partial charge < -0.3 is 28.8 Å². The molecule has 1 aromatic heterocycles. The van der Waals surface area contributed by atoms with Crippen molar-refractivity contribution in [3.8, 4) is 5.75 Å². The molecule has 4 atom stereocenters. The van der Waals surface area contributed by atoms with Crippen molar-refractivity contribution in [3.05, 3.63) is 64.5 Å². The van der Waals surface area contributed by atoms with Gasteiger partial charge in [0.1, 0.15) is 24.6 Å². The second-order valence-corrected chi connectivity index (χ2v) is 12.3. The molecule has 0 saturated carbocycles. The molecule has 1 saturated heterocycles. The van der Waals surface area contributed by atoms with Gasteiger partial charge in [0.25, 0.3) is 0 Å². The van der Waals surface area contributed by atoms with Crippen LogP contribution in [0.2, 0.25) is 0 Å². The van der Waals surface area contributed by atoms with Gasteiger partial charge in [0.2, 0.25) is 0 Å². The van der Waals surface area contributed by atoms with Crippen LogP contribution in [0.5, 0.6) is 5.75 Å². The fourth-order valence-electron chi connectivity index (χ4n) is 5.39. The molecular formula is C35H50O6S. The van der Waals surface area contributed by atoms with Crippen LogP contribution in [0.15, 0.2) is 48.5 Å². The Hall–Kier alpha value is -2.00. The number of aliphatic hydroxyl groups excluding tert-OH is 1. The average Bonchev–Trinajstić information content (AvgIpc) is 3.42. The summed E-state index contributed by atoms with van der Waals surface area (Å²) >= 11 is 1.83. The first-order chi connectivity index (χ1) is 20.7. The van der Waals surface area contributed by atoms with E-state index < -0.39 is 0 Å². The normalized spacial score (nSPS) is 20.8. The first-order valence-corrected chi connectivity index (χ1v) is 16.8. The minimum atomic E-state index is -0.377. The predicted molar refractivity (Wildman–Crippen MR) is 171 cm³/mol. The Labute approximate surface area is 256 Å². The highest BCUT2D eigenvalue weighted by molar-refractivity contribution is 7.19. The van der Waals surface area contributed by atoms with Crippen molar-refractivity contribution >= 4 is 21.4 Å². The monoisotopic (exact) mass is 598 g/mol. The minimum absolute atomic E-state index is 0.0540. The molecule has 42 heavy (non-hydrogen) atoms. The number of fused-ring (bicyclic) bond motifs is 1. The van der Waals surface area contributed by atoms with Gasteiger partial charge in [-0.25, -0.2) is 0 Å². The number of unbranched alkanes of at least 4 members (excludes halogenated alkanes) is 3. The van der Waals surface area contributed by atoms with E-state index in [0.717, 1.165) is 69.3 Å². The molecule has 3 aromatic rings. The zero-order valence-electron chi connectivity index (χ0n) is 25.7. The van der Waals surface area contributed by atoms with Crippen molar-refractivity contribution in [1.29, 1.82) is 0 Å². The lowest BCUT2D eigenvalue weighted by Gasteiger charge is -2.42. The molecule has 232 valence electrons. The first-order valence-electron chi connectivity index (χ1n) is 16.0. The molecule has 7 heteroatoms. The summed E-state index contributed by atoms with van der Waals surface area (Å²) < 4.78 is 33.4. The van der Waals surface area contributed by atoms with Gasteiger partial charge in [-0.15, -0.1) is 11.3 Å². The molecule has 1 fully saturated rings. The van der Waals surface area contributed by atoms with Crippen LogP contribution in [0, 0.1) is 0 Å². The number of rotatable bonds is 19. The van der Waals surface area contributed by atoms with Crippen molar-refractivity contribution in [2.75, 3.05) is 39.6 Å². The number of ether oxygens (including phenoxy) is 5. The lowest BCUT2D eigenvalue weighted by Crippen LogP contribution is -2.48. The molecule has 4 rings (SSSR count). The fraction of sp³-hybridized carbons (Fsp3) is 0.600. The van der Waals surface area contributed by atoms with Gasteiger partial charge in [0.15, 0.2) is 0 Å². The van der Waals surface area contributed by atoms with E-state index in [1.807, 2.05) is 17.4 Å². The molecule has 1 aliphatic rings. The first kappa shape index (κ1) is 32.9.